The number of aromatic nitrogens is 3. The van der Waals surface area contributed by atoms with Crippen LogP contribution < -0.4 is 16.5 Å². The van der Waals surface area contributed by atoms with Crippen LogP contribution in [0, 0.1) is 6.92 Å². The van der Waals surface area contributed by atoms with Crippen molar-refractivity contribution in [2.24, 2.45) is 0 Å². The first-order chi connectivity index (χ1) is 11.4. The van der Waals surface area contributed by atoms with Crippen molar-refractivity contribution < 1.29 is 9.59 Å². The summed E-state index contributed by atoms with van der Waals surface area (Å²) >= 11 is 1.13. The molecule has 0 radical (unpaired) electrons. The van der Waals surface area contributed by atoms with Crippen molar-refractivity contribution in [2.45, 2.75) is 31.2 Å². The Morgan fingerprint density at radius 1 is 1.29 bits per heavy atom. The number of carbonyl (C=O) groups excluding carboxylic acids is 2. The van der Waals surface area contributed by atoms with Crippen LogP contribution in [-0.2, 0) is 4.79 Å². The number of urea groups is 1. The molecule has 4 N–H and O–H groups in total. The van der Waals surface area contributed by atoms with Crippen LogP contribution in [0.3, 0.4) is 0 Å². The number of nitrogens with zero attached hydrogens (tertiary/aromatic N) is 3. The minimum atomic E-state index is -0.551. The number of thioether (sulfide) groups is 1. The fourth-order valence-corrected chi connectivity index (χ4v) is 2.66. The normalized spacial score (nSPS) is 11.8. The third-order valence-corrected chi connectivity index (χ3v) is 4.26. The molecular formula is C15H20N6O2S. The molecule has 2 rings (SSSR count). The van der Waals surface area contributed by atoms with Gasteiger partial charge in [0, 0.05) is 12.1 Å². The van der Waals surface area contributed by atoms with Gasteiger partial charge >= 0.3 is 6.03 Å². The molecule has 3 amide bonds. The van der Waals surface area contributed by atoms with Gasteiger partial charge in [-0.3, -0.25) is 10.1 Å². The number of rotatable bonds is 5. The van der Waals surface area contributed by atoms with Crippen LogP contribution in [0.5, 0.6) is 0 Å². The zero-order valence-electron chi connectivity index (χ0n) is 13.7. The second-order valence-electron chi connectivity index (χ2n) is 5.15. The average molecular weight is 348 g/mol. The molecule has 0 unspecified atom stereocenters. The molecule has 2 aromatic rings. The summed E-state index contributed by atoms with van der Waals surface area (Å²) in [4.78, 5) is 23.4. The average Bonchev–Trinajstić information content (AvgIpc) is 2.89. The molecule has 128 valence electrons. The van der Waals surface area contributed by atoms with Gasteiger partial charge in [-0.25, -0.2) is 9.47 Å². The number of amides is 3. The fourth-order valence-electron chi connectivity index (χ4n) is 1.89. The predicted octanol–water partition coefficient (Wildman–Crippen LogP) is 1.29. The first kappa shape index (κ1) is 17.8. The molecule has 1 atom stereocenters. The Kier molecular flexibility index (Phi) is 5.80. The smallest absolute Gasteiger partial charge is 0.321 e. The van der Waals surface area contributed by atoms with Crippen molar-refractivity contribution in [3.05, 3.63) is 29.8 Å². The van der Waals surface area contributed by atoms with Crippen LogP contribution in [0.1, 0.15) is 19.4 Å². The number of imide groups is 1. The maximum Gasteiger partial charge on any atom is 0.321 e. The number of hydrogen-bond acceptors (Lipinski definition) is 6. The number of carbonyl (C=O) groups is 2. The van der Waals surface area contributed by atoms with Crippen molar-refractivity contribution in [2.75, 3.05) is 12.4 Å². The first-order valence-corrected chi connectivity index (χ1v) is 8.33. The summed E-state index contributed by atoms with van der Waals surface area (Å²) in [6, 6.07) is 7.20. The van der Waals surface area contributed by atoms with E-state index in [0.29, 0.717) is 17.5 Å². The number of benzene rings is 1. The molecule has 0 spiro atoms. The van der Waals surface area contributed by atoms with Gasteiger partial charge < -0.3 is 11.2 Å². The molecule has 1 aromatic heterocycles. The van der Waals surface area contributed by atoms with Gasteiger partial charge in [-0.1, -0.05) is 41.6 Å². The van der Waals surface area contributed by atoms with Gasteiger partial charge in [-0.15, -0.1) is 10.2 Å². The Morgan fingerprint density at radius 3 is 2.58 bits per heavy atom. The van der Waals surface area contributed by atoms with Crippen molar-refractivity contribution in [1.82, 2.24) is 25.5 Å². The first-order valence-electron chi connectivity index (χ1n) is 7.45. The molecule has 0 aliphatic carbocycles. The second kappa shape index (κ2) is 7.82. The summed E-state index contributed by atoms with van der Waals surface area (Å²) in [6.07, 6.45) is 0. The summed E-state index contributed by atoms with van der Waals surface area (Å²) in [5.74, 6) is 6.11. The predicted molar refractivity (Wildman–Crippen MR) is 92.9 cm³/mol. The maximum atomic E-state index is 12.0. The molecule has 0 bridgehead atoms. The Labute approximate surface area is 144 Å². The molecule has 0 saturated carbocycles. The van der Waals surface area contributed by atoms with Crippen molar-refractivity contribution in [1.29, 1.82) is 0 Å². The molecular weight excluding hydrogens is 328 g/mol. The summed E-state index contributed by atoms with van der Waals surface area (Å²) < 4.78 is 1.34. The van der Waals surface area contributed by atoms with Gasteiger partial charge in [0.2, 0.25) is 11.1 Å². The third-order valence-electron chi connectivity index (χ3n) is 3.20. The summed E-state index contributed by atoms with van der Waals surface area (Å²) in [7, 11) is 0. The van der Waals surface area contributed by atoms with Gasteiger partial charge in [0.05, 0.1) is 5.25 Å². The van der Waals surface area contributed by atoms with E-state index in [4.69, 9.17) is 5.84 Å². The lowest BCUT2D eigenvalue weighted by atomic mass is 10.1. The van der Waals surface area contributed by atoms with E-state index < -0.39 is 17.2 Å². The topological polar surface area (TPSA) is 115 Å². The van der Waals surface area contributed by atoms with Crippen molar-refractivity contribution in [3.63, 3.8) is 0 Å². The van der Waals surface area contributed by atoms with Crippen molar-refractivity contribution >= 4 is 23.7 Å². The van der Waals surface area contributed by atoms with E-state index in [1.807, 2.05) is 31.2 Å². The highest BCUT2D eigenvalue weighted by Gasteiger charge is 2.21. The monoisotopic (exact) mass is 348 g/mol. The Morgan fingerprint density at radius 2 is 1.96 bits per heavy atom. The van der Waals surface area contributed by atoms with Crippen LogP contribution in [0.15, 0.2) is 29.4 Å². The summed E-state index contributed by atoms with van der Waals surface area (Å²) in [6.45, 7) is 5.87. The van der Waals surface area contributed by atoms with E-state index in [-0.39, 0.29) is 0 Å². The van der Waals surface area contributed by atoms with E-state index in [0.717, 1.165) is 22.9 Å². The molecule has 0 fully saturated rings. The summed E-state index contributed by atoms with van der Waals surface area (Å²) in [5.41, 5.74) is 1.97. The molecule has 0 aliphatic rings. The molecule has 9 heteroatoms. The molecule has 1 aromatic carbocycles. The lowest BCUT2D eigenvalue weighted by Gasteiger charge is -2.11. The van der Waals surface area contributed by atoms with E-state index in [2.05, 4.69) is 20.8 Å². The van der Waals surface area contributed by atoms with Crippen LogP contribution >= 0.6 is 11.8 Å². The number of nitrogens with two attached hydrogens (primary N) is 1. The van der Waals surface area contributed by atoms with Gasteiger partial charge in [-0.2, -0.15) is 0 Å². The zero-order valence-corrected chi connectivity index (χ0v) is 14.6. The van der Waals surface area contributed by atoms with Crippen LogP contribution in [0.2, 0.25) is 0 Å². The quantitative estimate of drug-likeness (QED) is 0.554. The van der Waals surface area contributed by atoms with E-state index in [9.17, 15) is 9.59 Å². The zero-order chi connectivity index (χ0) is 17.7. The van der Waals surface area contributed by atoms with Gasteiger partial charge in [0.1, 0.15) is 0 Å². The number of aryl methyl sites for hydroxylation is 1. The highest BCUT2D eigenvalue weighted by atomic mass is 32.2. The molecule has 8 nitrogen and oxygen atoms in total. The number of hydrogen-bond donors (Lipinski definition) is 3. The number of nitrogen functional groups attached to an aromatic ring is 1. The Bertz CT molecular complexity index is 728. The van der Waals surface area contributed by atoms with E-state index >= 15 is 0 Å². The molecule has 1 heterocycles. The fraction of sp³-hybridized carbons (Fsp3) is 0.333. The highest BCUT2D eigenvalue weighted by molar-refractivity contribution is 8.00. The third kappa shape index (κ3) is 4.25. The lowest BCUT2D eigenvalue weighted by Crippen LogP contribution is -2.42. The second-order valence-corrected chi connectivity index (χ2v) is 6.46. The largest absolute Gasteiger partial charge is 0.338 e. The molecule has 24 heavy (non-hydrogen) atoms. The molecule has 0 saturated heterocycles. The van der Waals surface area contributed by atoms with Crippen LogP contribution in [0.4, 0.5) is 4.79 Å². The van der Waals surface area contributed by atoms with Gasteiger partial charge in [0.15, 0.2) is 5.82 Å². The number of nitrogens with one attached hydrogen (secondary N) is 2. The molecule has 0 aliphatic heterocycles. The standard InChI is InChI=1S/C15H20N6O2S/c1-4-17-14(23)18-13(22)10(3)24-15-20-19-12(21(15)16)11-7-5-9(2)6-8-11/h5-8,10H,4,16H2,1-3H3,(H2,17,18,22,23)/t10-/m1/s1. The van der Waals surface area contributed by atoms with Crippen LogP contribution in [0.25, 0.3) is 11.4 Å². The SMILES string of the molecule is CCNC(=O)NC(=O)[C@@H](C)Sc1nnc(-c2ccc(C)cc2)n1N. The Hall–Kier alpha value is -2.55. The van der Waals surface area contributed by atoms with Crippen molar-refractivity contribution in [3.8, 4) is 11.4 Å². The summed E-state index contributed by atoms with van der Waals surface area (Å²) in [5, 5.41) is 12.7. The highest BCUT2D eigenvalue weighted by Crippen LogP contribution is 2.24. The van der Waals surface area contributed by atoms with Gasteiger partial charge in [0.25, 0.3) is 0 Å². The minimum Gasteiger partial charge on any atom is -0.338 e. The lowest BCUT2D eigenvalue weighted by molar-refractivity contribution is -0.119. The maximum absolute atomic E-state index is 12.0. The van der Waals surface area contributed by atoms with Crippen LogP contribution in [-0.4, -0.2) is 38.6 Å². The van der Waals surface area contributed by atoms with E-state index in [1.54, 1.807) is 13.8 Å². The van der Waals surface area contributed by atoms with Gasteiger partial charge in [-0.05, 0) is 20.8 Å². The van der Waals surface area contributed by atoms with E-state index in [1.165, 1.54) is 4.68 Å². The Balaban J connectivity index is 2.07. The minimum absolute atomic E-state index is 0.393.